The Hall–Kier alpha value is -1.17. The summed E-state index contributed by atoms with van der Waals surface area (Å²) in [5.41, 5.74) is -0.889. The van der Waals surface area contributed by atoms with E-state index in [9.17, 15) is 13.2 Å². The van der Waals surface area contributed by atoms with Crippen LogP contribution in [0.25, 0.3) is 0 Å². The van der Waals surface area contributed by atoms with Crippen molar-refractivity contribution in [1.29, 1.82) is 0 Å². The number of nitrogens with zero attached hydrogens (tertiary/aromatic N) is 2. The zero-order valence-corrected chi connectivity index (χ0v) is 10.0. The van der Waals surface area contributed by atoms with Crippen molar-refractivity contribution in [2.75, 3.05) is 7.05 Å². The first-order valence-corrected chi connectivity index (χ1v) is 5.47. The number of nitrogens with one attached hydrogen (secondary N) is 1. The van der Waals surface area contributed by atoms with Crippen molar-refractivity contribution in [1.82, 2.24) is 15.3 Å². The van der Waals surface area contributed by atoms with E-state index in [4.69, 9.17) is 0 Å². The zero-order valence-electron chi connectivity index (χ0n) is 10.0. The summed E-state index contributed by atoms with van der Waals surface area (Å²) in [6, 6.07) is 0.954. The zero-order chi connectivity index (χ0) is 13.1. The molecule has 0 aliphatic carbocycles. The Morgan fingerprint density at radius 1 is 1.41 bits per heavy atom. The minimum atomic E-state index is -4.42. The second-order valence-electron chi connectivity index (χ2n) is 3.89. The van der Waals surface area contributed by atoms with Gasteiger partial charge < -0.3 is 5.32 Å². The fourth-order valence-electron chi connectivity index (χ4n) is 1.74. The molecule has 1 heterocycles. The topological polar surface area (TPSA) is 37.8 Å². The van der Waals surface area contributed by atoms with Gasteiger partial charge in [-0.25, -0.2) is 9.97 Å². The molecule has 0 aliphatic heterocycles. The number of halogens is 3. The van der Waals surface area contributed by atoms with Crippen LogP contribution in [0, 0.1) is 0 Å². The third kappa shape index (κ3) is 3.39. The van der Waals surface area contributed by atoms with Crippen LogP contribution in [0.4, 0.5) is 13.2 Å². The predicted molar refractivity (Wildman–Crippen MR) is 58.6 cm³/mol. The van der Waals surface area contributed by atoms with Crippen molar-refractivity contribution in [3.63, 3.8) is 0 Å². The molecule has 1 aromatic rings. The van der Waals surface area contributed by atoms with Crippen LogP contribution in [-0.4, -0.2) is 23.1 Å². The molecule has 0 saturated heterocycles. The maximum Gasteiger partial charge on any atom is 0.433 e. The second kappa shape index (κ2) is 5.44. The summed E-state index contributed by atoms with van der Waals surface area (Å²) in [5, 5.41) is 3.05. The van der Waals surface area contributed by atoms with Crippen molar-refractivity contribution < 1.29 is 13.2 Å². The van der Waals surface area contributed by atoms with E-state index in [0.717, 1.165) is 18.7 Å². The predicted octanol–water partition coefficient (Wildman–Crippen LogP) is 2.60. The quantitative estimate of drug-likeness (QED) is 0.888. The van der Waals surface area contributed by atoms with Crippen LogP contribution in [0.2, 0.25) is 0 Å². The van der Waals surface area contributed by atoms with E-state index in [1.165, 1.54) is 0 Å². The average Bonchev–Trinajstić information content (AvgIpc) is 2.29. The van der Waals surface area contributed by atoms with Crippen molar-refractivity contribution in [2.24, 2.45) is 0 Å². The highest BCUT2D eigenvalue weighted by Gasteiger charge is 2.33. The first-order valence-electron chi connectivity index (χ1n) is 5.47. The van der Waals surface area contributed by atoms with Gasteiger partial charge in [0.2, 0.25) is 0 Å². The molecule has 0 aliphatic rings. The Kier molecular flexibility index (Phi) is 4.45. The Morgan fingerprint density at radius 3 is 2.53 bits per heavy atom. The molecule has 0 aromatic carbocycles. The molecule has 0 fully saturated rings. The normalized spacial score (nSPS) is 15.6. The van der Waals surface area contributed by atoms with Gasteiger partial charge in [0, 0.05) is 18.2 Å². The van der Waals surface area contributed by atoms with Crippen LogP contribution in [0.5, 0.6) is 0 Å². The molecule has 17 heavy (non-hydrogen) atoms. The first-order chi connectivity index (χ1) is 7.90. The molecule has 1 rings (SSSR count). The first kappa shape index (κ1) is 13.9. The Morgan fingerprint density at radius 2 is 2.06 bits per heavy atom. The van der Waals surface area contributed by atoms with Crippen LogP contribution in [0.15, 0.2) is 12.3 Å². The third-order valence-electron chi connectivity index (χ3n) is 2.79. The summed E-state index contributed by atoms with van der Waals surface area (Å²) < 4.78 is 37.5. The van der Waals surface area contributed by atoms with Crippen molar-refractivity contribution in [2.45, 2.75) is 38.4 Å². The van der Waals surface area contributed by atoms with Gasteiger partial charge in [0.25, 0.3) is 0 Å². The number of hydrogen-bond donors (Lipinski definition) is 1. The second-order valence-corrected chi connectivity index (χ2v) is 3.89. The molecule has 1 N–H and O–H groups in total. The lowest BCUT2D eigenvalue weighted by molar-refractivity contribution is -0.141. The van der Waals surface area contributed by atoms with Crippen LogP contribution in [0.3, 0.4) is 0 Å². The largest absolute Gasteiger partial charge is 0.433 e. The molecule has 0 radical (unpaired) electrons. The van der Waals surface area contributed by atoms with Crippen LogP contribution < -0.4 is 5.32 Å². The number of alkyl halides is 3. The summed E-state index contributed by atoms with van der Waals surface area (Å²) in [6.07, 6.45) is -2.46. The lowest BCUT2D eigenvalue weighted by Gasteiger charge is -2.21. The van der Waals surface area contributed by atoms with Gasteiger partial charge in [0.1, 0.15) is 11.5 Å². The average molecular weight is 247 g/mol. The van der Waals surface area contributed by atoms with Crippen LogP contribution in [0.1, 0.15) is 37.7 Å². The number of hydrogen-bond acceptors (Lipinski definition) is 3. The molecule has 2 atom stereocenters. The van der Waals surface area contributed by atoms with Crippen molar-refractivity contribution in [3.8, 4) is 0 Å². The Balaban J connectivity index is 2.99. The maximum atomic E-state index is 12.5. The van der Waals surface area contributed by atoms with E-state index in [2.05, 4.69) is 15.3 Å². The highest BCUT2D eigenvalue weighted by atomic mass is 19.4. The summed E-state index contributed by atoms with van der Waals surface area (Å²) in [6.45, 7) is 3.78. The van der Waals surface area contributed by atoms with Gasteiger partial charge in [-0.05, 0) is 19.5 Å². The monoisotopic (exact) mass is 247 g/mol. The van der Waals surface area contributed by atoms with Gasteiger partial charge in [-0.3, -0.25) is 0 Å². The molecule has 96 valence electrons. The fraction of sp³-hybridized carbons (Fsp3) is 0.636. The molecule has 0 spiro atoms. The molecule has 0 saturated carbocycles. The van der Waals surface area contributed by atoms with Crippen LogP contribution >= 0.6 is 0 Å². The van der Waals surface area contributed by atoms with E-state index in [1.54, 1.807) is 7.05 Å². The summed E-state index contributed by atoms with van der Waals surface area (Å²) in [4.78, 5) is 7.50. The van der Waals surface area contributed by atoms with Gasteiger partial charge in [0.15, 0.2) is 0 Å². The number of likely N-dealkylation sites (N-methyl/N-ethyl adjacent to an activating group) is 1. The van der Waals surface area contributed by atoms with Gasteiger partial charge in [0.05, 0.1) is 0 Å². The van der Waals surface area contributed by atoms with Gasteiger partial charge >= 0.3 is 6.18 Å². The molecular formula is C11H16F3N3. The van der Waals surface area contributed by atoms with E-state index < -0.39 is 11.9 Å². The SMILES string of the molecule is CCC(NC)C(C)c1nccc(C(F)(F)F)n1. The molecule has 3 nitrogen and oxygen atoms in total. The van der Waals surface area contributed by atoms with E-state index in [-0.39, 0.29) is 17.8 Å². The van der Waals surface area contributed by atoms with Crippen molar-refractivity contribution >= 4 is 0 Å². The summed E-state index contributed by atoms with van der Waals surface area (Å²) in [5.74, 6) is 0.0633. The smallest absolute Gasteiger partial charge is 0.316 e. The van der Waals surface area contributed by atoms with E-state index in [1.807, 2.05) is 13.8 Å². The highest BCUT2D eigenvalue weighted by molar-refractivity contribution is 5.09. The minimum absolute atomic E-state index is 0.0680. The van der Waals surface area contributed by atoms with E-state index in [0.29, 0.717) is 0 Å². The molecule has 6 heteroatoms. The van der Waals surface area contributed by atoms with Gasteiger partial charge in [-0.2, -0.15) is 13.2 Å². The standard InChI is InChI=1S/C11H16F3N3/c1-4-8(15-3)7(2)10-16-6-5-9(17-10)11(12,13)14/h5-8,15H,4H2,1-3H3. The molecule has 0 bridgehead atoms. The summed E-state index contributed by atoms with van der Waals surface area (Å²) in [7, 11) is 1.78. The van der Waals surface area contributed by atoms with Crippen LogP contribution in [-0.2, 0) is 6.18 Å². The summed E-state index contributed by atoms with van der Waals surface area (Å²) >= 11 is 0. The number of rotatable bonds is 4. The highest BCUT2D eigenvalue weighted by Crippen LogP contribution is 2.28. The lowest BCUT2D eigenvalue weighted by atomic mass is 9.99. The van der Waals surface area contributed by atoms with Crippen molar-refractivity contribution in [3.05, 3.63) is 23.8 Å². The third-order valence-corrected chi connectivity index (χ3v) is 2.79. The van der Waals surface area contributed by atoms with E-state index >= 15 is 0 Å². The molecule has 0 amide bonds. The Labute approximate surface area is 98.5 Å². The van der Waals surface area contributed by atoms with Gasteiger partial charge in [-0.1, -0.05) is 13.8 Å². The number of aromatic nitrogens is 2. The molecular weight excluding hydrogens is 231 g/mol. The maximum absolute atomic E-state index is 12.5. The lowest BCUT2D eigenvalue weighted by Crippen LogP contribution is -2.31. The minimum Gasteiger partial charge on any atom is -0.316 e. The Bertz CT molecular complexity index is 361. The molecule has 1 aromatic heterocycles. The molecule has 2 unspecified atom stereocenters. The fourth-order valence-corrected chi connectivity index (χ4v) is 1.74. The van der Waals surface area contributed by atoms with Gasteiger partial charge in [-0.15, -0.1) is 0 Å².